The third-order valence-corrected chi connectivity index (χ3v) is 3.37. The van der Waals surface area contributed by atoms with E-state index >= 15 is 0 Å². The Morgan fingerprint density at radius 2 is 1.75 bits per heavy atom. The Balaban J connectivity index is 3.37. The third kappa shape index (κ3) is 2.67. The number of primary amides is 1. The summed E-state index contributed by atoms with van der Waals surface area (Å²) in [6.07, 6.45) is -3.97. The normalized spacial score (nSPS) is 20.5. The summed E-state index contributed by atoms with van der Waals surface area (Å²) < 4.78 is 0. The number of rotatable bonds is 6. The molecule has 0 saturated heterocycles. The largest absolute Gasteiger partial charge is 0.394 e. The lowest BCUT2D eigenvalue weighted by atomic mass is 9.76. The molecule has 0 fully saturated rings. The van der Waals surface area contributed by atoms with E-state index in [-0.39, 0.29) is 5.56 Å². The number of hydrogen-bond donors (Lipinski definition) is 6. The lowest BCUT2D eigenvalue weighted by molar-refractivity contribution is -0.215. The summed E-state index contributed by atoms with van der Waals surface area (Å²) in [6.45, 7) is 0.0231. The molecule has 0 aliphatic carbocycles. The number of amides is 1. The van der Waals surface area contributed by atoms with Crippen LogP contribution in [0.2, 0.25) is 0 Å². The van der Waals surface area contributed by atoms with Crippen LogP contribution < -0.4 is 5.73 Å². The summed E-state index contributed by atoms with van der Waals surface area (Å²) in [5, 5.41) is 49.5. The van der Waals surface area contributed by atoms with Gasteiger partial charge in [0.15, 0.2) is 5.60 Å². The van der Waals surface area contributed by atoms with E-state index in [1.807, 2.05) is 0 Å². The molecule has 4 unspecified atom stereocenters. The van der Waals surface area contributed by atoms with Crippen molar-refractivity contribution in [2.75, 3.05) is 6.61 Å². The molecule has 0 heterocycles. The fourth-order valence-corrected chi connectivity index (χ4v) is 1.94. The minimum atomic E-state index is -2.50. The molecule has 1 aromatic rings. The van der Waals surface area contributed by atoms with E-state index in [1.165, 1.54) is 24.3 Å². The first-order chi connectivity index (χ1) is 9.18. The maximum absolute atomic E-state index is 11.2. The van der Waals surface area contributed by atoms with Gasteiger partial charge < -0.3 is 31.3 Å². The predicted octanol–water partition coefficient (Wildman–Crippen LogP) is -2.18. The van der Waals surface area contributed by atoms with Crippen molar-refractivity contribution in [3.8, 4) is 0 Å². The summed E-state index contributed by atoms with van der Waals surface area (Å²) in [6, 6.07) is 7.43. The topological polar surface area (TPSA) is 144 Å². The standard InChI is InChI=1S/C13H19NO6/c1-12(19,11(14)18)10(17)13(20,9(16)7-15)8-5-3-2-4-6-8/h2-6,9-10,15-17,19-20H,7H2,1H3,(H2,14,18). The van der Waals surface area contributed by atoms with E-state index in [0.29, 0.717) is 0 Å². The molecule has 0 bridgehead atoms. The van der Waals surface area contributed by atoms with Gasteiger partial charge >= 0.3 is 0 Å². The maximum Gasteiger partial charge on any atom is 0.251 e. The SMILES string of the molecule is CC(O)(C(N)=O)C(O)C(O)(c1ccccc1)C(O)CO. The van der Waals surface area contributed by atoms with Crippen molar-refractivity contribution in [3.05, 3.63) is 35.9 Å². The molecule has 0 aliphatic rings. The Morgan fingerprint density at radius 1 is 1.25 bits per heavy atom. The van der Waals surface area contributed by atoms with Crippen molar-refractivity contribution in [1.29, 1.82) is 0 Å². The van der Waals surface area contributed by atoms with Crippen LogP contribution in [0.4, 0.5) is 0 Å². The van der Waals surface area contributed by atoms with E-state index in [0.717, 1.165) is 6.92 Å². The van der Waals surface area contributed by atoms with E-state index in [9.17, 15) is 25.2 Å². The molecule has 0 spiro atoms. The average molecular weight is 285 g/mol. The van der Waals surface area contributed by atoms with Gasteiger partial charge in [-0.25, -0.2) is 0 Å². The van der Waals surface area contributed by atoms with Crippen molar-refractivity contribution in [3.63, 3.8) is 0 Å². The molecule has 112 valence electrons. The number of carbonyl (C=O) groups excluding carboxylic acids is 1. The van der Waals surface area contributed by atoms with Crippen molar-refractivity contribution < 1.29 is 30.3 Å². The minimum Gasteiger partial charge on any atom is -0.394 e. The third-order valence-electron chi connectivity index (χ3n) is 3.37. The number of hydrogen-bond acceptors (Lipinski definition) is 6. The van der Waals surface area contributed by atoms with Crippen LogP contribution in [0.15, 0.2) is 30.3 Å². The van der Waals surface area contributed by atoms with Crippen LogP contribution in [0.1, 0.15) is 12.5 Å². The highest BCUT2D eigenvalue weighted by Crippen LogP contribution is 2.34. The van der Waals surface area contributed by atoms with Gasteiger partial charge in [0.1, 0.15) is 17.8 Å². The Bertz CT molecular complexity index is 463. The van der Waals surface area contributed by atoms with Crippen LogP contribution in [0, 0.1) is 0 Å². The number of nitrogens with two attached hydrogens (primary N) is 1. The molecular weight excluding hydrogens is 266 g/mol. The quantitative estimate of drug-likeness (QED) is 0.351. The lowest BCUT2D eigenvalue weighted by Crippen LogP contribution is -2.63. The predicted molar refractivity (Wildman–Crippen MR) is 69.3 cm³/mol. The second-order valence-corrected chi connectivity index (χ2v) is 4.80. The zero-order valence-electron chi connectivity index (χ0n) is 11.0. The smallest absolute Gasteiger partial charge is 0.251 e. The fraction of sp³-hybridized carbons (Fsp3) is 0.462. The van der Waals surface area contributed by atoms with Gasteiger partial charge in [0.25, 0.3) is 5.91 Å². The Labute approximate surface area is 115 Å². The van der Waals surface area contributed by atoms with Gasteiger partial charge in [-0.05, 0) is 12.5 Å². The van der Waals surface area contributed by atoms with Gasteiger partial charge in [-0.2, -0.15) is 0 Å². The van der Waals surface area contributed by atoms with Crippen molar-refractivity contribution >= 4 is 5.91 Å². The average Bonchev–Trinajstić information content (AvgIpc) is 2.45. The summed E-state index contributed by atoms with van der Waals surface area (Å²) in [7, 11) is 0. The molecule has 1 aromatic carbocycles. The first-order valence-corrected chi connectivity index (χ1v) is 5.96. The van der Waals surface area contributed by atoms with Gasteiger partial charge in [-0.3, -0.25) is 4.79 Å². The number of benzene rings is 1. The molecule has 1 rings (SSSR count). The monoisotopic (exact) mass is 285 g/mol. The zero-order valence-corrected chi connectivity index (χ0v) is 11.0. The van der Waals surface area contributed by atoms with Gasteiger partial charge in [-0.15, -0.1) is 0 Å². The molecule has 1 amide bonds. The van der Waals surface area contributed by atoms with Crippen molar-refractivity contribution in [2.24, 2.45) is 5.73 Å². The molecule has 0 aromatic heterocycles. The van der Waals surface area contributed by atoms with Crippen LogP contribution in [-0.4, -0.2) is 55.9 Å². The van der Waals surface area contributed by atoms with Crippen LogP contribution in [0.3, 0.4) is 0 Å². The Morgan fingerprint density at radius 3 is 2.15 bits per heavy atom. The van der Waals surface area contributed by atoms with Gasteiger partial charge in [-0.1, -0.05) is 30.3 Å². The highest BCUT2D eigenvalue weighted by atomic mass is 16.4. The lowest BCUT2D eigenvalue weighted by Gasteiger charge is -2.41. The minimum absolute atomic E-state index is 0.0237. The second-order valence-electron chi connectivity index (χ2n) is 4.80. The van der Waals surface area contributed by atoms with E-state index < -0.39 is 35.9 Å². The number of carbonyl (C=O) groups is 1. The van der Waals surface area contributed by atoms with E-state index in [1.54, 1.807) is 6.07 Å². The highest BCUT2D eigenvalue weighted by Gasteiger charge is 2.54. The summed E-state index contributed by atoms with van der Waals surface area (Å²) in [5.41, 5.74) is 0.0440. The van der Waals surface area contributed by atoms with E-state index in [2.05, 4.69) is 0 Å². The van der Waals surface area contributed by atoms with Crippen LogP contribution in [0.25, 0.3) is 0 Å². The molecule has 0 aliphatic heterocycles. The van der Waals surface area contributed by atoms with Crippen LogP contribution in [-0.2, 0) is 10.4 Å². The first kappa shape index (κ1) is 16.5. The Hall–Kier alpha value is -1.51. The van der Waals surface area contributed by atoms with Crippen LogP contribution in [0.5, 0.6) is 0 Å². The Kier molecular flexibility index (Phi) is 4.85. The highest BCUT2D eigenvalue weighted by molar-refractivity contribution is 5.83. The molecule has 0 saturated carbocycles. The summed E-state index contributed by atoms with van der Waals surface area (Å²) >= 11 is 0. The van der Waals surface area contributed by atoms with Crippen molar-refractivity contribution in [1.82, 2.24) is 0 Å². The summed E-state index contributed by atoms with van der Waals surface area (Å²) in [4.78, 5) is 11.2. The van der Waals surface area contributed by atoms with E-state index in [4.69, 9.17) is 10.8 Å². The fourth-order valence-electron chi connectivity index (χ4n) is 1.94. The first-order valence-electron chi connectivity index (χ1n) is 5.96. The molecule has 7 N–H and O–H groups in total. The molecule has 0 radical (unpaired) electrons. The van der Waals surface area contributed by atoms with Crippen LogP contribution >= 0.6 is 0 Å². The van der Waals surface area contributed by atoms with Crippen molar-refractivity contribution in [2.45, 2.75) is 30.3 Å². The second kappa shape index (κ2) is 5.86. The molecule has 7 nitrogen and oxygen atoms in total. The van der Waals surface area contributed by atoms with Gasteiger partial charge in [0.05, 0.1) is 6.61 Å². The molecule has 7 heteroatoms. The zero-order chi connectivity index (χ0) is 15.6. The van der Waals surface area contributed by atoms with Gasteiger partial charge in [0, 0.05) is 0 Å². The maximum atomic E-state index is 11.2. The summed E-state index contributed by atoms with van der Waals surface area (Å²) in [5.74, 6) is -1.27. The molecule has 20 heavy (non-hydrogen) atoms. The number of aliphatic hydroxyl groups is 5. The van der Waals surface area contributed by atoms with Gasteiger partial charge in [0.2, 0.25) is 0 Å². The molecule has 4 atom stereocenters. The number of aliphatic hydroxyl groups excluding tert-OH is 3. The molecular formula is C13H19NO6.